The van der Waals surface area contributed by atoms with E-state index >= 15 is 0 Å². The summed E-state index contributed by atoms with van der Waals surface area (Å²) in [7, 11) is -1.23. The molecular formula is C17H25N7O3S. The fourth-order valence-electron chi connectivity index (χ4n) is 4.18. The zero-order valence-corrected chi connectivity index (χ0v) is 17.2. The van der Waals surface area contributed by atoms with Gasteiger partial charge in [-0.05, 0) is 20.3 Å². The molecule has 4 heterocycles. The Morgan fingerprint density at radius 1 is 1.18 bits per heavy atom. The number of sulfone groups is 1. The molecule has 10 nitrogen and oxygen atoms in total. The summed E-state index contributed by atoms with van der Waals surface area (Å²) in [5.74, 6) is 0.289. The van der Waals surface area contributed by atoms with E-state index in [1.807, 2.05) is 18.5 Å². The lowest BCUT2D eigenvalue weighted by molar-refractivity contribution is 0.0740. The second-order valence-electron chi connectivity index (χ2n) is 7.58. The van der Waals surface area contributed by atoms with Gasteiger partial charge in [0.1, 0.15) is 0 Å². The summed E-state index contributed by atoms with van der Waals surface area (Å²) in [6.45, 7) is 6.54. The highest BCUT2D eigenvalue weighted by molar-refractivity contribution is 7.91. The van der Waals surface area contributed by atoms with Crippen LogP contribution in [0.15, 0.2) is 6.20 Å². The number of hydrogen-bond donors (Lipinski definition) is 0. The number of piperazine rings is 1. The summed E-state index contributed by atoms with van der Waals surface area (Å²) in [5, 5.41) is 12.4. The van der Waals surface area contributed by atoms with E-state index in [9.17, 15) is 13.2 Å². The van der Waals surface area contributed by atoms with E-state index in [2.05, 4.69) is 20.3 Å². The molecule has 2 aliphatic rings. The van der Waals surface area contributed by atoms with Crippen LogP contribution in [0.3, 0.4) is 0 Å². The molecule has 152 valence electrons. The van der Waals surface area contributed by atoms with Gasteiger partial charge in [0.2, 0.25) is 0 Å². The fourth-order valence-corrected chi connectivity index (χ4v) is 5.87. The van der Waals surface area contributed by atoms with Crippen molar-refractivity contribution >= 4 is 21.4 Å². The monoisotopic (exact) mass is 407 g/mol. The summed E-state index contributed by atoms with van der Waals surface area (Å²) in [6.07, 6.45) is 2.24. The quantitative estimate of drug-likeness (QED) is 0.702. The number of aromatic nitrogens is 5. The van der Waals surface area contributed by atoms with Gasteiger partial charge in [-0.25, -0.2) is 8.42 Å². The smallest absolute Gasteiger partial charge is 0.276 e. The first-order chi connectivity index (χ1) is 13.2. The van der Waals surface area contributed by atoms with E-state index in [0.29, 0.717) is 38.3 Å². The van der Waals surface area contributed by atoms with Gasteiger partial charge in [0.15, 0.2) is 15.5 Å². The van der Waals surface area contributed by atoms with Gasteiger partial charge in [-0.1, -0.05) is 5.21 Å². The van der Waals surface area contributed by atoms with Crippen LogP contribution >= 0.6 is 0 Å². The first-order valence-electron chi connectivity index (χ1n) is 9.42. The third kappa shape index (κ3) is 3.38. The minimum absolute atomic E-state index is 0.0861. The minimum Gasteiger partial charge on any atom is -0.365 e. The highest BCUT2D eigenvalue weighted by atomic mass is 32.2. The lowest BCUT2D eigenvalue weighted by Gasteiger charge is -2.36. The lowest BCUT2D eigenvalue weighted by atomic mass is 10.2. The fraction of sp³-hybridized carbons (Fsp3) is 0.647. The maximum absolute atomic E-state index is 12.5. The summed E-state index contributed by atoms with van der Waals surface area (Å²) in [4.78, 5) is 16.6. The highest BCUT2D eigenvalue weighted by Crippen LogP contribution is 2.31. The van der Waals surface area contributed by atoms with Gasteiger partial charge < -0.3 is 9.80 Å². The van der Waals surface area contributed by atoms with Gasteiger partial charge in [-0.2, -0.15) is 5.10 Å². The third-order valence-corrected chi connectivity index (χ3v) is 7.30. The van der Waals surface area contributed by atoms with Crippen molar-refractivity contribution < 1.29 is 13.2 Å². The first-order valence-corrected chi connectivity index (χ1v) is 11.2. The van der Waals surface area contributed by atoms with E-state index < -0.39 is 9.84 Å². The minimum atomic E-state index is -2.96. The summed E-state index contributed by atoms with van der Waals surface area (Å²) >= 11 is 0. The van der Waals surface area contributed by atoms with Crippen molar-refractivity contribution in [3.63, 3.8) is 0 Å². The van der Waals surface area contributed by atoms with Crippen LogP contribution in [0.25, 0.3) is 0 Å². The van der Waals surface area contributed by atoms with E-state index in [-0.39, 0.29) is 23.5 Å². The van der Waals surface area contributed by atoms with E-state index in [1.165, 1.54) is 4.68 Å². The van der Waals surface area contributed by atoms with Gasteiger partial charge in [-0.3, -0.25) is 14.2 Å². The first kappa shape index (κ1) is 18.9. The number of rotatable bonds is 3. The van der Waals surface area contributed by atoms with Crippen LogP contribution in [-0.4, -0.2) is 81.7 Å². The number of amides is 1. The molecule has 0 aliphatic carbocycles. The average molecular weight is 408 g/mol. The Morgan fingerprint density at radius 2 is 1.89 bits per heavy atom. The normalized spacial score (nSPS) is 22.0. The Labute approximate surface area is 164 Å². The Morgan fingerprint density at radius 3 is 2.46 bits per heavy atom. The summed E-state index contributed by atoms with van der Waals surface area (Å²) in [5.41, 5.74) is 3.30. The topological polar surface area (TPSA) is 106 Å². The van der Waals surface area contributed by atoms with Crippen LogP contribution in [0.2, 0.25) is 0 Å². The second-order valence-corrected chi connectivity index (χ2v) is 9.81. The lowest BCUT2D eigenvalue weighted by Crippen LogP contribution is -2.49. The molecule has 0 spiro atoms. The molecule has 0 bridgehead atoms. The Hall–Kier alpha value is -2.43. The number of aryl methyl sites for hydroxylation is 2. The van der Waals surface area contributed by atoms with Gasteiger partial charge in [0.25, 0.3) is 5.91 Å². The Balaban J connectivity index is 1.47. The van der Waals surface area contributed by atoms with Crippen molar-refractivity contribution in [3.05, 3.63) is 23.3 Å². The van der Waals surface area contributed by atoms with Gasteiger partial charge in [0, 0.05) is 33.2 Å². The van der Waals surface area contributed by atoms with Gasteiger partial charge in [0.05, 0.1) is 40.8 Å². The molecule has 2 aliphatic heterocycles. The molecule has 0 N–H and O–H groups in total. The van der Waals surface area contributed by atoms with Crippen molar-refractivity contribution in [1.82, 2.24) is 29.7 Å². The molecule has 2 aromatic rings. The van der Waals surface area contributed by atoms with Crippen molar-refractivity contribution in [3.8, 4) is 0 Å². The standard InChI is InChI=1S/C17H25N7O3S/c1-12-16(13(2)24(19-12)14-4-9-28(26,27)11-14)22-5-7-23(8-6-22)17(25)15-10-21(3)20-18-15/h10,14H,4-9,11H2,1-3H3/t14-/m1/s1. The van der Waals surface area contributed by atoms with Crippen LogP contribution in [-0.2, 0) is 16.9 Å². The predicted molar refractivity (Wildman–Crippen MR) is 103 cm³/mol. The van der Waals surface area contributed by atoms with E-state index in [0.717, 1.165) is 17.1 Å². The molecule has 1 atom stereocenters. The molecular weight excluding hydrogens is 382 g/mol. The zero-order chi connectivity index (χ0) is 20.1. The Bertz CT molecular complexity index is 1000. The largest absolute Gasteiger partial charge is 0.365 e. The summed E-state index contributed by atoms with van der Waals surface area (Å²) in [6, 6.07) is -0.0861. The highest BCUT2D eigenvalue weighted by Gasteiger charge is 2.33. The van der Waals surface area contributed by atoms with Crippen LogP contribution in [0.5, 0.6) is 0 Å². The number of carbonyl (C=O) groups excluding carboxylic acids is 1. The van der Waals surface area contributed by atoms with Gasteiger partial charge >= 0.3 is 0 Å². The maximum Gasteiger partial charge on any atom is 0.276 e. The summed E-state index contributed by atoms with van der Waals surface area (Å²) < 4.78 is 27.1. The molecule has 11 heteroatoms. The van der Waals surface area contributed by atoms with Gasteiger partial charge in [-0.15, -0.1) is 5.10 Å². The van der Waals surface area contributed by atoms with Crippen molar-refractivity contribution in [2.75, 3.05) is 42.6 Å². The zero-order valence-electron chi connectivity index (χ0n) is 16.4. The van der Waals surface area contributed by atoms with Crippen LogP contribution in [0.1, 0.15) is 34.3 Å². The van der Waals surface area contributed by atoms with Crippen LogP contribution in [0, 0.1) is 13.8 Å². The SMILES string of the molecule is Cc1nn([C@@H]2CCS(=O)(=O)C2)c(C)c1N1CCN(C(=O)c2cn(C)nn2)CC1. The molecule has 4 rings (SSSR count). The number of carbonyl (C=O) groups is 1. The molecule has 1 amide bonds. The molecule has 2 saturated heterocycles. The van der Waals surface area contributed by atoms with E-state index in [1.54, 1.807) is 18.1 Å². The molecule has 0 unspecified atom stereocenters. The predicted octanol–water partition coefficient (Wildman–Crippen LogP) is -0.0496. The average Bonchev–Trinajstić information content (AvgIpc) is 3.32. The van der Waals surface area contributed by atoms with Crippen LogP contribution in [0.4, 0.5) is 5.69 Å². The molecule has 0 saturated carbocycles. The molecule has 2 fully saturated rings. The van der Waals surface area contributed by atoms with Crippen molar-refractivity contribution in [1.29, 1.82) is 0 Å². The van der Waals surface area contributed by atoms with Crippen molar-refractivity contribution in [2.45, 2.75) is 26.3 Å². The Kier molecular flexibility index (Phi) is 4.64. The molecule has 2 aromatic heterocycles. The number of nitrogens with zero attached hydrogens (tertiary/aromatic N) is 7. The number of hydrogen-bond acceptors (Lipinski definition) is 7. The van der Waals surface area contributed by atoms with E-state index in [4.69, 9.17) is 0 Å². The number of anilines is 1. The van der Waals surface area contributed by atoms with Crippen LogP contribution < -0.4 is 4.90 Å². The molecule has 0 radical (unpaired) electrons. The van der Waals surface area contributed by atoms with Crippen molar-refractivity contribution in [2.24, 2.45) is 7.05 Å². The second kappa shape index (κ2) is 6.87. The third-order valence-electron chi connectivity index (χ3n) is 5.55. The molecule has 28 heavy (non-hydrogen) atoms. The molecule has 0 aromatic carbocycles. The maximum atomic E-state index is 12.5.